The van der Waals surface area contributed by atoms with Crippen LogP contribution in [0.5, 0.6) is 0 Å². The molecule has 1 rings (SSSR count). The molecule has 5 heteroatoms. The molecule has 0 heterocycles. The van der Waals surface area contributed by atoms with E-state index < -0.39 is 27.9 Å². The molecule has 1 aliphatic carbocycles. The summed E-state index contributed by atoms with van der Waals surface area (Å²) in [5.74, 6) is -3.88. The summed E-state index contributed by atoms with van der Waals surface area (Å²) < 4.78 is 37.1. The summed E-state index contributed by atoms with van der Waals surface area (Å²) in [6.07, 6.45) is 0. The number of halogens is 5. The molecule has 1 radical (unpaired) electrons. The smallest absolute Gasteiger partial charge is 0.189 e. The molecule has 0 saturated carbocycles. The topological polar surface area (TPSA) is 0 Å². The van der Waals surface area contributed by atoms with Gasteiger partial charge in [-0.2, -0.15) is 8.78 Å². The Hall–Kier alpha value is -0.370. The van der Waals surface area contributed by atoms with Crippen LogP contribution in [0.1, 0.15) is 0 Å². The van der Waals surface area contributed by atoms with Gasteiger partial charge in [0.05, 0.1) is 0 Å². The standard InChI is InChI=1S/C6Cl2F3/c7-4-2(9)1-3(10)5(8)6(4)11. The maximum absolute atomic E-state index is 12.5. The minimum absolute atomic E-state index is 0.851. The Balaban J connectivity index is 3.25. The quantitative estimate of drug-likeness (QED) is 0.525. The van der Waals surface area contributed by atoms with E-state index in [0.717, 1.165) is 0 Å². The number of hydrogen-bond donors (Lipinski definition) is 0. The Bertz CT molecular complexity index is 286. The van der Waals surface area contributed by atoms with Crippen LogP contribution in [0.25, 0.3) is 0 Å². The first-order valence-corrected chi connectivity index (χ1v) is 3.20. The summed E-state index contributed by atoms with van der Waals surface area (Å²) in [6.45, 7) is 0. The highest BCUT2D eigenvalue weighted by molar-refractivity contribution is 6.36. The first kappa shape index (κ1) is 8.72. The third-order valence-corrected chi connectivity index (χ3v) is 1.65. The normalized spacial score (nSPS) is 20.1. The summed E-state index contributed by atoms with van der Waals surface area (Å²) in [5.41, 5.74) is 1.51. The minimum Gasteiger partial charge on any atom is -0.207 e. The Morgan fingerprint density at radius 2 is 1.55 bits per heavy atom. The second-order valence-electron chi connectivity index (χ2n) is 1.69. The van der Waals surface area contributed by atoms with Crippen LogP contribution in [0.4, 0.5) is 13.2 Å². The highest BCUT2D eigenvalue weighted by Gasteiger charge is 2.27. The van der Waals surface area contributed by atoms with Crippen LogP contribution in [-0.4, -0.2) is 0 Å². The average molecular weight is 200 g/mol. The van der Waals surface area contributed by atoms with Crippen molar-refractivity contribution in [1.29, 1.82) is 0 Å². The lowest BCUT2D eigenvalue weighted by Crippen LogP contribution is -1.96. The second-order valence-corrected chi connectivity index (χ2v) is 2.45. The lowest BCUT2D eigenvalue weighted by Gasteiger charge is -2.06. The Morgan fingerprint density at radius 3 is 2.09 bits per heavy atom. The largest absolute Gasteiger partial charge is 0.207 e. The fourth-order valence-electron chi connectivity index (χ4n) is 0.495. The summed E-state index contributed by atoms with van der Waals surface area (Å²) in [6, 6.07) is 0. The molecular weight excluding hydrogens is 200 g/mol. The zero-order chi connectivity index (χ0) is 8.59. The van der Waals surface area contributed by atoms with E-state index in [4.69, 9.17) is 23.2 Å². The number of rotatable bonds is 0. The van der Waals surface area contributed by atoms with Crippen LogP contribution in [0.15, 0.2) is 28.2 Å². The van der Waals surface area contributed by atoms with E-state index in [2.05, 4.69) is 0 Å². The fraction of sp³-hybridized carbons (Fsp3) is 0. The van der Waals surface area contributed by atoms with Crippen molar-refractivity contribution in [3.05, 3.63) is 33.6 Å². The van der Waals surface area contributed by atoms with Gasteiger partial charge in [-0.1, -0.05) is 23.2 Å². The van der Waals surface area contributed by atoms with Crippen molar-refractivity contribution in [2.24, 2.45) is 0 Å². The molecule has 0 N–H and O–H groups in total. The monoisotopic (exact) mass is 199 g/mol. The molecule has 0 atom stereocenters. The maximum Gasteiger partial charge on any atom is 0.189 e. The van der Waals surface area contributed by atoms with E-state index in [-0.39, 0.29) is 0 Å². The predicted octanol–water partition coefficient (Wildman–Crippen LogP) is 3.50. The third-order valence-electron chi connectivity index (χ3n) is 0.990. The Kier molecular flexibility index (Phi) is 2.33. The summed E-state index contributed by atoms with van der Waals surface area (Å²) in [5, 5.41) is -1.70. The van der Waals surface area contributed by atoms with Gasteiger partial charge in [0, 0.05) is 0 Å². The molecule has 0 aromatic rings. The lowest BCUT2D eigenvalue weighted by atomic mass is 10.2. The van der Waals surface area contributed by atoms with Crippen molar-refractivity contribution in [3.63, 3.8) is 0 Å². The van der Waals surface area contributed by atoms with E-state index in [1.54, 1.807) is 0 Å². The van der Waals surface area contributed by atoms with Gasteiger partial charge in [-0.25, -0.2) is 4.39 Å². The van der Waals surface area contributed by atoms with Crippen LogP contribution in [0.2, 0.25) is 0 Å². The molecule has 0 nitrogen and oxygen atoms in total. The maximum atomic E-state index is 12.5. The molecule has 0 aromatic heterocycles. The highest BCUT2D eigenvalue weighted by atomic mass is 35.5. The third kappa shape index (κ3) is 1.45. The zero-order valence-corrected chi connectivity index (χ0v) is 6.40. The summed E-state index contributed by atoms with van der Waals surface area (Å²) >= 11 is 10.0. The van der Waals surface area contributed by atoms with Crippen molar-refractivity contribution in [1.82, 2.24) is 0 Å². The summed E-state index contributed by atoms with van der Waals surface area (Å²) in [7, 11) is 0. The van der Waals surface area contributed by atoms with Gasteiger partial charge in [-0.05, 0) is 5.73 Å². The molecule has 0 amide bonds. The average Bonchev–Trinajstić information content (AvgIpc) is 1.97. The fourth-order valence-corrected chi connectivity index (χ4v) is 0.827. The van der Waals surface area contributed by atoms with E-state index in [1.807, 2.05) is 0 Å². The number of allylic oxidation sites excluding steroid dienone is 3. The van der Waals surface area contributed by atoms with Crippen molar-refractivity contribution in [3.8, 4) is 0 Å². The van der Waals surface area contributed by atoms with Gasteiger partial charge in [0.15, 0.2) is 22.9 Å². The first-order valence-electron chi connectivity index (χ1n) is 2.44. The molecule has 0 fully saturated rings. The van der Waals surface area contributed by atoms with Gasteiger partial charge in [-0.3, -0.25) is 0 Å². The zero-order valence-electron chi connectivity index (χ0n) is 4.89. The summed E-state index contributed by atoms with van der Waals surface area (Å²) in [4.78, 5) is 0. The van der Waals surface area contributed by atoms with Crippen LogP contribution in [-0.2, 0) is 0 Å². The van der Waals surface area contributed by atoms with Crippen LogP contribution >= 0.6 is 23.2 Å². The molecule has 0 saturated heterocycles. The lowest BCUT2D eigenvalue weighted by molar-refractivity contribution is 0.561. The molecule has 11 heavy (non-hydrogen) atoms. The van der Waals surface area contributed by atoms with E-state index in [1.165, 1.54) is 5.73 Å². The molecule has 0 bridgehead atoms. The van der Waals surface area contributed by atoms with Gasteiger partial charge in [0.25, 0.3) is 0 Å². The predicted molar refractivity (Wildman–Crippen MR) is 35.8 cm³/mol. The van der Waals surface area contributed by atoms with Gasteiger partial charge in [-0.15, -0.1) is 0 Å². The molecule has 0 spiro atoms. The van der Waals surface area contributed by atoms with Crippen LogP contribution in [0.3, 0.4) is 0 Å². The SMILES string of the molecule is FC1=C=C(F)C(Cl)=C(F)[C]1Cl. The van der Waals surface area contributed by atoms with Crippen molar-refractivity contribution in [2.45, 2.75) is 0 Å². The van der Waals surface area contributed by atoms with E-state index >= 15 is 0 Å². The van der Waals surface area contributed by atoms with E-state index in [9.17, 15) is 13.2 Å². The van der Waals surface area contributed by atoms with Gasteiger partial charge in [0.2, 0.25) is 0 Å². The second kappa shape index (κ2) is 2.94. The molecule has 0 aromatic carbocycles. The highest BCUT2D eigenvalue weighted by Crippen LogP contribution is 2.38. The molecule has 0 aliphatic heterocycles. The van der Waals surface area contributed by atoms with Gasteiger partial charge < -0.3 is 0 Å². The van der Waals surface area contributed by atoms with Crippen molar-refractivity contribution in [2.75, 3.05) is 0 Å². The Labute approximate surface area is 70.6 Å². The van der Waals surface area contributed by atoms with E-state index in [0.29, 0.717) is 0 Å². The minimum atomic E-state index is -1.30. The first-order chi connectivity index (χ1) is 5.04. The molecule has 0 unspecified atom stereocenters. The van der Waals surface area contributed by atoms with Crippen molar-refractivity contribution >= 4 is 23.2 Å². The molecular formula is C6Cl2F3. The molecule has 59 valence electrons. The van der Waals surface area contributed by atoms with Crippen LogP contribution < -0.4 is 0 Å². The van der Waals surface area contributed by atoms with Crippen molar-refractivity contribution < 1.29 is 13.2 Å². The molecule has 1 aliphatic rings. The van der Waals surface area contributed by atoms with Gasteiger partial charge in [0.1, 0.15) is 5.03 Å². The van der Waals surface area contributed by atoms with Gasteiger partial charge >= 0.3 is 0 Å². The number of hydrogen-bond acceptors (Lipinski definition) is 0. The Morgan fingerprint density at radius 1 is 1.00 bits per heavy atom. The van der Waals surface area contributed by atoms with Crippen LogP contribution in [0, 0.1) is 5.38 Å².